The van der Waals surface area contributed by atoms with Crippen LogP contribution < -0.4 is 9.64 Å². The minimum absolute atomic E-state index is 0.0994. The van der Waals surface area contributed by atoms with Crippen molar-refractivity contribution in [2.75, 3.05) is 44.4 Å². The van der Waals surface area contributed by atoms with Crippen LogP contribution in [0.1, 0.15) is 101 Å². The van der Waals surface area contributed by atoms with Crippen LogP contribution in [0.25, 0.3) is 22.6 Å². The summed E-state index contributed by atoms with van der Waals surface area (Å²) in [5.41, 5.74) is 1.45. The molecule has 10 rings (SSSR count). The Kier molecular flexibility index (Phi) is 6.20. The lowest BCUT2D eigenvalue weighted by molar-refractivity contribution is -0.235. The van der Waals surface area contributed by atoms with E-state index in [9.17, 15) is 5.11 Å². The highest BCUT2D eigenvalue weighted by molar-refractivity contribution is 5.94. The Hall–Kier alpha value is -2.80. The summed E-state index contributed by atoms with van der Waals surface area (Å²) in [6, 6.07) is 0.776. The molecule has 1 N–H and O–H groups in total. The summed E-state index contributed by atoms with van der Waals surface area (Å²) >= 11 is 0. The van der Waals surface area contributed by atoms with E-state index < -0.39 is 11.4 Å². The van der Waals surface area contributed by atoms with Crippen LogP contribution in [0.3, 0.4) is 0 Å². The average Bonchev–Trinajstić information content (AvgIpc) is 3.82. The maximum atomic E-state index is 11.3. The van der Waals surface area contributed by atoms with E-state index in [1.807, 2.05) is 6.92 Å². The van der Waals surface area contributed by atoms with E-state index in [1.165, 1.54) is 19.3 Å². The molecule has 12 heteroatoms. The predicted octanol–water partition coefficient (Wildman–Crippen LogP) is 4.28. The van der Waals surface area contributed by atoms with Gasteiger partial charge in [-0.05, 0) is 90.6 Å². The first kappa shape index (κ1) is 28.2. The summed E-state index contributed by atoms with van der Waals surface area (Å²) in [5, 5.41) is 22.1. The number of anilines is 1. The highest BCUT2D eigenvalue weighted by atomic mass is 16.7. The van der Waals surface area contributed by atoms with E-state index in [0.717, 1.165) is 111 Å². The van der Waals surface area contributed by atoms with Crippen LogP contribution in [0.5, 0.6) is 5.88 Å². The third kappa shape index (κ3) is 3.93. The van der Waals surface area contributed by atoms with Gasteiger partial charge in [-0.15, -0.1) is 5.10 Å². The third-order valence-corrected chi connectivity index (χ3v) is 12.6. The molecule has 0 aromatic carbocycles. The van der Waals surface area contributed by atoms with Gasteiger partial charge >= 0.3 is 0 Å². The summed E-state index contributed by atoms with van der Waals surface area (Å²) in [7, 11) is 0. The Bertz CT molecular complexity index is 1680. The predicted molar refractivity (Wildman–Crippen MR) is 168 cm³/mol. The minimum atomic E-state index is -0.821. The van der Waals surface area contributed by atoms with Crippen molar-refractivity contribution in [3.05, 3.63) is 11.3 Å². The molecule has 7 aliphatic rings. The highest BCUT2D eigenvalue weighted by Gasteiger charge is 2.61. The Morgan fingerprint density at radius 2 is 1.72 bits per heavy atom. The van der Waals surface area contributed by atoms with Crippen molar-refractivity contribution in [2.45, 2.75) is 125 Å². The van der Waals surface area contributed by atoms with E-state index in [-0.39, 0.29) is 17.5 Å². The van der Waals surface area contributed by atoms with Crippen molar-refractivity contribution < 1.29 is 23.8 Å². The Morgan fingerprint density at radius 3 is 2.57 bits per heavy atom. The third-order valence-electron chi connectivity index (χ3n) is 12.6. The Balaban J connectivity index is 1.15. The molecule has 2 saturated carbocycles. The van der Waals surface area contributed by atoms with Crippen LogP contribution in [0.15, 0.2) is 4.52 Å². The number of likely N-dealkylation sites (tertiary alicyclic amines) is 1. The lowest BCUT2D eigenvalue weighted by atomic mass is 9.61. The first-order chi connectivity index (χ1) is 22.5. The van der Waals surface area contributed by atoms with Gasteiger partial charge in [-0.2, -0.15) is 0 Å². The van der Waals surface area contributed by atoms with Gasteiger partial charge in [0.2, 0.25) is 5.88 Å². The fraction of sp³-hybridized carbons (Fsp3) is 0.765. The number of ether oxygens (including phenoxy) is 3. The second kappa shape index (κ2) is 10.1. The maximum Gasteiger partial charge on any atom is 0.246 e. The van der Waals surface area contributed by atoms with Crippen LogP contribution in [0, 0.1) is 0 Å². The monoisotopic (exact) mass is 631 g/mol. The van der Waals surface area contributed by atoms with Gasteiger partial charge in [0.05, 0.1) is 36.3 Å². The number of fused-ring (bicyclic) bond motifs is 5. The zero-order valence-electron chi connectivity index (χ0n) is 26.9. The number of piperidine rings is 1. The molecule has 3 saturated heterocycles. The molecule has 0 bridgehead atoms. The molecular weight excluding hydrogens is 586 g/mol. The van der Waals surface area contributed by atoms with Gasteiger partial charge in [0, 0.05) is 24.6 Å². The molecule has 4 aliphatic heterocycles. The van der Waals surface area contributed by atoms with Crippen molar-refractivity contribution in [1.29, 1.82) is 0 Å². The van der Waals surface area contributed by atoms with Crippen molar-refractivity contribution in [2.24, 2.45) is 0 Å². The summed E-state index contributed by atoms with van der Waals surface area (Å²) in [5.74, 6) is 2.24. The topological polar surface area (TPSA) is 124 Å². The quantitative estimate of drug-likeness (QED) is 0.445. The van der Waals surface area contributed by atoms with E-state index in [1.54, 1.807) is 0 Å². The SMILES string of the molecule is C[C@@]1(O)CC[C@@H]2COc3nn(C4CCCC4N4CCC4)c4nc(-c5noc6c5CCC[C@@]65CCCCC56OCCO6)nc(c34)N2C1. The normalized spacial score (nSPS) is 35.3. The molecule has 2 unspecified atom stereocenters. The lowest BCUT2D eigenvalue weighted by Gasteiger charge is -2.50. The molecule has 0 amide bonds. The molecule has 246 valence electrons. The smallest absolute Gasteiger partial charge is 0.246 e. The number of hydrogen-bond acceptors (Lipinski definition) is 11. The fourth-order valence-corrected chi connectivity index (χ4v) is 10.2. The molecule has 0 radical (unpaired) electrons. The number of aromatic nitrogens is 5. The summed E-state index contributed by atoms with van der Waals surface area (Å²) in [6.07, 6.45) is 13.1. The van der Waals surface area contributed by atoms with Crippen LogP contribution in [0.2, 0.25) is 0 Å². The molecule has 46 heavy (non-hydrogen) atoms. The second-order valence-electron chi connectivity index (χ2n) is 15.3. The first-order valence-corrected chi connectivity index (χ1v) is 17.9. The van der Waals surface area contributed by atoms with Gasteiger partial charge in [0.15, 0.2) is 28.7 Å². The molecule has 7 heterocycles. The molecule has 3 aromatic rings. The van der Waals surface area contributed by atoms with Crippen molar-refractivity contribution in [3.63, 3.8) is 0 Å². The number of rotatable bonds is 3. The van der Waals surface area contributed by atoms with Gasteiger partial charge in [-0.25, -0.2) is 14.6 Å². The van der Waals surface area contributed by atoms with E-state index in [0.29, 0.717) is 44.1 Å². The van der Waals surface area contributed by atoms with Crippen LogP contribution in [0.4, 0.5) is 5.82 Å². The molecule has 5 fully saturated rings. The molecule has 12 nitrogen and oxygen atoms in total. The first-order valence-electron chi connectivity index (χ1n) is 17.9. The fourth-order valence-electron chi connectivity index (χ4n) is 10.2. The van der Waals surface area contributed by atoms with Crippen LogP contribution in [-0.2, 0) is 21.3 Å². The van der Waals surface area contributed by atoms with Crippen LogP contribution >= 0.6 is 0 Å². The van der Waals surface area contributed by atoms with Crippen molar-refractivity contribution >= 4 is 16.9 Å². The van der Waals surface area contributed by atoms with Gasteiger partial charge in [0.25, 0.3) is 0 Å². The lowest BCUT2D eigenvalue weighted by Crippen LogP contribution is -2.56. The maximum absolute atomic E-state index is 11.3. The molecule has 5 atom stereocenters. The van der Waals surface area contributed by atoms with E-state index in [4.69, 9.17) is 39.0 Å². The summed E-state index contributed by atoms with van der Waals surface area (Å²) < 4.78 is 27.9. The Labute approximate surface area is 268 Å². The number of nitrogens with zero attached hydrogens (tertiary/aromatic N) is 7. The molecule has 3 aromatic heterocycles. The number of aliphatic hydroxyl groups is 1. The zero-order chi connectivity index (χ0) is 30.7. The largest absolute Gasteiger partial charge is 0.474 e. The van der Waals surface area contributed by atoms with Gasteiger partial charge in [0.1, 0.15) is 17.8 Å². The van der Waals surface area contributed by atoms with Crippen molar-refractivity contribution in [3.8, 4) is 17.4 Å². The molecule has 2 spiro atoms. The van der Waals surface area contributed by atoms with Crippen LogP contribution in [-0.4, -0.2) is 97.8 Å². The van der Waals surface area contributed by atoms with Crippen molar-refractivity contribution in [1.82, 2.24) is 29.8 Å². The highest BCUT2D eigenvalue weighted by Crippen LogP contribution is 2.57. The summed E-state index contributed by atoms with van der Waals surface area (Å²) in [4.78, 5) is 15.5. The minimum Gasteiger partial charge on any atom is -0.474 e. The zero-order valence-corrected chi connectivity index (χ0v) is 26.9. The average molecular weight is 632 g/mol. The standard InChI is InChI=1S/C34H45N7O5/c1-32(42)14-10-21-19-43-31-25-29(40(21)20-32)35-28(36-30(25)41(37-31)24-9-4-8-23(24)39-15-6-16-39)26-22-7-5-12-33(27(22)46-38-26)11-2-3-13-34(33)44-17-18-45-34/h21,23-24,42H,2-20H2,1H3/t21-,23?,24?,32-,33+/m1/s1. The van der Waals surface area contributed by atoms with Gasteiger partial charge < -0.3 is 28.7 Å². The molecule has 3 aliphatic carbocycles. The van der Waals surface area contributed by atoms with Gasteiger partial charge in [-0.3, -0.25) is 4.90 Å². The van der Waals surface area contributed by atoms with E-state index >= 15 is 0 Å². The summed E-state index contributed by atoms with van der Waals surface area (Å²) in [6.45, 7) is 6.47. The van der Waals surface area contributed by atoms with Gasteiger partial charge in [-0.1, -0.05) is 11.6 Å². The number of hydrogen-bond donors (Lipinski definition) is 1. The second-order valence-corrected chi connectivity index (χ2v) is 15.3. The molecular formula is C34H45N7O5. The van der Waals surface area contributed by atoms with E-state index in [2.05, 4.69) is 14.5 Å². The Morgan fingerprint density at radius 1 is 0.891 bits per heavy atom.